The maximum Gasteiger partial charge on any atom is 0.460 e. The van der Waals surface area contributed by atoms with Crippen LogP contribution in [0.2, 0.25) is 0 Å². The van der Waals surface area contributed by atoms with Gasteiger partial charge in [0.1, 0.15) is 0 Å². The Morgan fingerprint density at radius 3 is 1.23 bits per heavy atom. The molecule has 0 aliphatic heterocycles. The van der Waals surface area contributed by atoms with Crippen molar-refractivity contribution < 1.29 is 65.9 Å². The first kappa shape index (κ1) is 26.2. The summed E-state index contributed by atoms with van der Waals surface area (Å²) >= 11 is 0. The van der Waals surface area contributed by atoms with E-state index in [0.29, 0.717) is 0 Å². The van der Waals surface area contributed by atoms with Crippen LogP contribution in [0.25, 0.3) is 0 Å². The van der Waals surface area contributed by atoms with E-state index in [1.807, 2.05) is 0 Å². The number of halogens is 15. The third-order valence-corrected chi connectivity index (χ3v) is 3.96. The van der Waals surface area contributed by atoms with Gasteiger partial charge in [-0.15, -0.1) is 0 Å². The smallest absolute Gasteiger partial charge is 0.200 e. The van der Waals surface area contributed by atoms with Crippen LogP contribution in [0.1, 0.15) is 12.0 Å². The number of hydrogen-bond donors (Lipinski definition) is 0. The lowest BCUT2D eigenvalue weighted by Gasteiger charge is -2.41. The first-order valence-corrected chi connectivity index (χ1v) is 7.45. The molecule has 174 valence electrons. The highest BCUT2D eigenvalue weighted by Crippen LogP contribution is 2.62. The minimum Gasteiger partial charge on any atom is -0.200 e. The Balaban J connectivity index is 3.36. The Morgan fingerprint density at radius 1 is 0.467 bits per heavy atom. The quantitative estimate of drug-likeness (QED) is 0.357. The maximum atomic E-state index is 13.6. The van der Waals surface area contributed by atoms with Crippen molar-refractivity contribution in [3.8, 4) is 0 Å². The maximum absolute atomic E-state index is 13.6. The molecular weight excluding hydrogens is 465 g/mol. The molecule has 1 rings (SSSR count). The molecule has 0 N–H and O–H groups in total. The fourth-order valence-electron chi connectivity index (χ4n) is 2.10. The van der Waals surface area contributed by atoms with E-state index in [1.165, 1.54) is 18.2 Å². The molecule has 0 aliphatic carbocycles. The Labute approximate surface area is 157 Å². The zero-order valence-electron chi connectivity index (χ0n) is 14.0. The fraction of sp³-hybridized carbons (Fsp3) is 0.600. The topological polar surface area (TPSA) is 0 Å². The van der Waals surface area contributed by atoms with Crippen molar-refractivity contribution in [3.05, 3.63) is 35.9 Å². The van der Waals surface area contributed by atoms with Crippen LogP contribution < -0.4 is 0 Å². The molecule has 0 unspecified atom stereocenters. The molecule has 30 heavy (non-hydrogen) atoms. The molecule has 0 heterocycles. The lowest BCUT2D eigenvalue weighted by molar-refractivity contribution is -0.452. The molecule has 15 heteroatoms. The molecule has 0 aromatic heterocycles. The van der Waals surface area contributed by atoms with Crippen LogP contribution >= 0.6 is 0 Å². The van der Waals surface area contributed by atoms with Crippen molar-refractivity contribution in [1.29, 1.82) is 0 Å². The van der Waals surface area contributed by atoms with Crippen LogP contribution in [0.5, 0.6) is 0 Å². The third-order valence-electron chi connectivity index (χ3n) is 3.96. The molecular formula is C15H9F15. The first-order chi connectivity index (χ1) is 13.1. The van der Waals surface area contributed by atoms with E-state index in [1.54, 1.807) is 0 Å². The van der Waals surface area contributed by atoms with E-state index in [4.69, 9.17) is 0 Å². The van der Waals surface area contributed by atoms with Crippen molar-refractivity contribution in [2.45, 2.75) is 54.6 Å². The molecule has 1 aromatic rings. The van der Waals surface area contributed by atoms with Gasteiger partial charge in [-0.25, -0.2) is 0 Å². The van der Waals surface area contributed by atoms with E-state index in [0.717, 1.165) is 12.1 Å². The van der Waals surface area contributed by atoms with Gasteiger partial charge in [-0.1, -0.05) is 30.3 Å². The summed E-state index contributed by atoms with van der Waals surface area (Å²) in [5.41, 5.74) is -0.211. The van der Waals surface area contributed by atoms with Gasteiger partial charge in [-0.05, 0) is 12.0 Å². The summed E-state index contributed by atoms with van der Waals surface area (Å²) in [5.74, 6) is -46.1. The third kappa shape index (κ3) is 3.79. The summed E-state index contributed by atoms with van der Waals surface area (Å²) < 4.78 is 195. The molecule has 0 amide bonds. The monoisotopic (exact) mass is 474 g/mol. The van der Waals surface area contributed by atoms with Gasteiger partial charge in [-0.3, -0.25) is 0 Å². The Bertz CT molecular complexity index is 717. The summed E-state index contributed by atoms with van der Waals surface area (Å²) in [5, 5.41) is 0. The lowest BCUT2D eigenvalue weighted by Crippen LogP contribution is -2.72. The zero-order chi connectivity index (χ0) is 24.0. The molecule has 1 aromatic carbocycles. The van der Waals surface area contributed by atoms with Crippen LogP contribution in [0.3, 0.4) is 0 Å². The van der Waals surface area contributed by atoms with Gasteiger partial charge in [0.25, 0.3) is 0 Å². The average Bonchev–Trinajstić information content (AvgIpc) is 2.59. The van der Waals surface area contributed by atoms with Crippen LogP contribution in [0, 0.1) is 0 Å². The summed E-state index contributed by atoms with van der Waals surface area (Å²) in [6.45, 7) is 0. The fourth-order valence-corrected chi connectivity index (χ4v) is 2.10. The molecule has 0 nitrogen and oxygen atoms in total. The number of benzene rings is 1. The van der Waals surface area contributed by atoms with E-state index in [2.05, 4.69) is 0 Å². The molecule has 0 radical (unpaired) electrons. The Hall–Kier alpha value is -1.83. The second kappa shape index (κ2) is 7.39. The zero-order valence-corrected chi connectivity index (χ0v) is 14.0. The number of hydrogen-bond acceptors (Lipinski definition) is 0. The highest BCUT2D eigenvalue weighted by Gasteiger charge is 2.93. The van der Waals surface area contributed by atoms with Crippen LogP contribution in [0.15, 0.2) is 30.3 Å². The van der Waals surface area contributed by atoms with Crippen molar-refractivity contribution in [2.24, 2.45) is 0 Å². The van der Waals surface area contributed by atoms with Crippen LogP contribution in [-0.4, -0.2) is 41.7 Å². The molecule has 0 saturated heterocycles. The minimum atomic E-state index is -8.24. The summed E-state index contributed by atoms with van der Waals surface area (Å²) in [6.07, 6.45) is -11.1. The Kier molecular flexibility index (Phi) is 6.46. The number of alkyl halides is 15. The van der Waals surface area contributed by atoms with Gasteiger partial charge >= 0.3 is 41.7 Å². The summed E-state index contributed by atoms with van der Waals surface area (Å²) in [4.78, 5) is 0. The highest BCUT2D eigenvalue weighted by molar-refractivity contribution is 5.17. The molecule has 0 aliphatic rings. The first-order valence-electron chi connectivity index (χ1n) is 7.45. The standard InChI is InChI=1S/C15H9F15/c16-9(17,7-6-8-4-2-1-3-5-8)10(18,19)11(20,21)12(22,23)13(24,25)14(26,27)15(28,29)30/h1-5H,6-7H2. The van der Waals surface area contributed by atoms with E-state index < -0.39 is 54.6 Å². The molecule has 0 fully saturated rings. The van der Waals surface area contributed by atoms with Gasteiger partial charge < -0.3 is 0 Å². The minimum absolute atomic E-state index is 0.211. The largest absolute Gasteiger partial charge is 0.460 e. The van der Waals surface area contributed by atoms with Gasteiger partial charge in [0.05, 0.1) is 0 Å². The highest BCUT2D eigenvalue weighted by atomic mass is 19.4. The SMILES string of the molecule is FC(F)(F)C(F)(F)C(F)(F)C(F)(F)C(F)(F)C(F)(F)C(F)(F)CCc1ccccc1. The summed E-state index contributed by atoms with van der Waals surface area (Å²) in [7, 11) is 0. The lowest BCUT2D eigenvalue weighted by atomic mass is 9.89. The molecule has 0 bridgehead atoms. The van der Waals surface area contributed by atoms with Crippen LogP contribution in [-0.2, 0) is 6.42 Å². The van der Waals surface area contributed by atoms with E-state index in [-0.39, 0.29) is 5.56 Å². The van der Waals surface area contributed by atoms with Crippen molar-refractivity contribution in [1.82, 2.24) is 0 Å². The van der Waals surface area contributed by atoms with Gasteiger partial charge in [-0.2, -0.15) is 65.9 Å². The van der Waals surface area contributed by atoms with Crippen molar-refractivity contribution in [2.75, 3.05) is 0 Å². The van der Waals surface area contributed by atoms with E-state index >= 15 is 0 Å². The van der Waals surface area contributed by atoms with Crippen LogP contribution in [0.4, 0.5) is 65.9 Å². The van der Waals surface area contributed by atoms with Gasteiger partial charge in [0.2, 0.25) is 0 Å². The van der Waals surface area contributed by atoms with Gasteiger partial charge in [0, 0.05) is 6.42 Å². The van der Waals surface area contributed by atoms with E-state index in [9.17, 15) is 65.9 Å². The molecule has 0 atom stereocenters. The molecule has 0 saturated carbocycles. The van der Waals surface area contributed by atoms with Crippen molar-refractivity contribution >= 4 is 0 Å². The second-order valence-corrected chi connectivity index (χ2v) is 6.06. The van der Waals surface area contributed by atoms with Gasteiger partial charge in [0.15, 0.2) is 0 Å². The molecule has 0 spiro atoms. The normalized spacial score (nSPS) is 15.4. The number of aryl methyl sites for hydroxylation is 1. The predicted octanol–water partition coefficient (Wildman–Crippen LogP) is 6.99. The second-order valence-electron chi connectivity index (χ2n) is 6.06. The predicted molar refractivity (Wildman–Crippen MR) is 70.5 cm³/mol. The average molecular weight is 474 g/mol. The Morgan fingerprint density at radius 2 is 0.833 bits per heavy atom. The van der Waals surface area contributed by atoms with Crippen molar-refractivity contribution in [3.63, 3.8) is 0 Å². The number of rotatable bonds is 8. The summed E-state index contributed by atoms with van der Waals surface area (Å²) in [6, 6.07) is 5.69.